The Balaban J connectivity index is 1.89. The summed E-state index contributed by atoms with van der Waals surface area (Å²) in [4.78, 5) is 2.33. The van der Waals surface area contributed by atoms with Crippen LogP contribution in [-0.4, -0.2) is 30.0 Å². The predicted octanol–water partition coefficient (Wildman–Crippen LogP) is 4.19. The molecule has 112 valence electrons. The number of hydrogen-bond donors (Lipinski definition) is 0. The quantitative estimate of drug-likeness (QED) is 0.678. The van der Waals surface area contributed by atoms with Crippen LogP contribution in [0.1, 0.15) is 12.5 Å². The molecule has 21 heavy (non-hydrogen) atoms. The first-order chi connectivity index (χ1) is 10.3. The Morgan fingerprint density at radius 3 is 2.24 bits per heavy atom. The maximum Gasteiger partial charge on any atom is 0.119 e. The number of nitrogens with zero attached hydrogens (tertiary/aromatic N) is 1. The summed E-state index contributed by atoms with van der Waals surface area (Å²) >= 11 is 5.92. The smallest absolute Gasteiger partial charge is 0.119 e. The number of rotatable bonds is 8. The van der Waals surface area contributed by atoms with Crippen molar-refractivity contribution in [2.24, 2.45) is 0 Å². The number of hydrogen-bond acceptors (Lipinski definition) is 2. The van der Waals surface area contributed by atoms with Crippen molar-refractivity contribution in [2.45, 2.75) is 19.6 Å². The maximum absolute atomic E-state index is 5.94. The second-order valence-electron chi connectivity index (χ2n) is 5.15. The second kappa shape index (κ2) is 8.71. The van der Waals surface area contributed by atoms with Gasteiger partial charge in [-0.05, 0) is 24.6 Å². The molecule has 0 aliphatic rings. The Morgan fingerprint density at radius 1 is 1.00 bits per heavy atom. The molecule has 0 aliphatic heterocycles. The van der Waals surface area contributed by atoms with E-state index in [1.54, 1.807) is 0 Å². The van der Waals surface area contributed by atoms with Gasteiger partial charge in [-0.25, -0.2) is 0 Å². The molecule has 0 amide bonds. The van der Waals surface area contributed by atoms with Crippen LogP contribution < -0.4 is 4.74 Å². The third-order valence-corrected chi connectivity index (χ3v) is 3.41. The largest absolute Gasteiger partial charge is 0.489 e. The number of ether oxygens (including phenoxy) is 1. The van der Waals surface area contributed by atoms with E-state index in [2.05, 4.69) is 36.1 Å². The summed E-state index contributed by atoms with van der Waals surface area (Å²) < 4.78 is 5.94. The topological polar surface area (TPSA) is 12.5 Å². The monoisotopic (exact) mass is 303 g/mol. The van der Waals surface area contributed by atoms with E-state index in [1.807, 2.05) is 36.4 Å². The first kappa shape index (κ1) is 15.9. The van der Waals surface area contributed by atoms with E-state index < -0.39 is 0 Å². The minimum absolute atomic E-state index is 0.124. The fourth-order valence-corrected chi connectivity index (χ4v) is 2.57. The molecule has 0 bridgehead atoms. The minimum atomic E-state index is 0.124. The average Bonchev–Trinajstić information content (AvgIpc) is 2.49. The first-order valence-electron chi connectivity index (χ1n) is 7.32. The van der Waals surface area contributed by atoms with Gasteiger partial charge in [-0.3, -0.25) is 4.90 Å². The highest BCUT2D eigenvalue weighted by atomic mass is 35.5. The molecule has 0 N–H and O–H groups in total. The van der Waals surface area contributed by atoms with Gasteiger partial charge >= 0.3 is 0 Å². The van der Waals surface area contributed by atoms with Crippen LogP contribution in [0.5, 0.6) is 5.75 Å². The van der Waals surface area contributed by atoms with Crippen LogP contribution in [0.3, 0.4) is 0 Å². The van der Waals surface area contributed by atoms with Crippen LogP contribution in [0.2, 0.25) is 0 Å². The molecular formula is C18H22ClNO. The molecule has 1 unspecified atom stereocenters. The molecule has 0 fully saturated rings. The van der Waals surface area contributed by atoms with E-state index in [4.69, 9.17) is 16.3 Å². The summed E-state index contributed by atoms with van der Waals surface area (Å²) in [5.74, 6) is 1.54. The highest BCUT2D eigenvalue weighted by Gasteiger charge is 2.11. The van der Waals surface area contributed by atoms with Gasteiger partial charge in [0.15, 0.2) is 0 Å². The summed E-state index contributed by atoms with van der Waals surface area (Å²) in [6.45, 7) is 4.71. The molecule has 0 saturated heterocycles. The van der Waals surface area contributed by atoms with Crippen molar-refractivity contribution < 1.29 is 4.74 Å². The molecule has 0 radical (unpaired) electrons. The third kappa shape index (κ3) is 5.78. The van der Waals surface area contributed by atoms with E-state index in [1.165, 1.54) is 5.56 Å². The summed E-state index contributed by atoms with van der Waals surface area (Å²) in [7, 11) is 0. The summed E-state index contributed by atoms with van der Waals surface area (Å²) in [5, 5.41) is 0. The Bertz CT molecular complexity index is 503. The van der Waals surface area contributed by atoms with Crippen molar-refractivity contribution in [3.63, 3.8) is 0 Å². The molecule has 0 aromatic heterocycles. The lowest BCUT2D eigenvalue weighted by Crippen LogP contribution is -2.34. The van der Waals surface area contributed by atoms with Gasteiger partial charge in [-0.15, -0.1) is 11.6 Å². The number of halogens is 1. The maximum atomic E-state index is 5.94. The van der Waals surface area contributed by atoms with Crippen molar-refractivity contribution in [1.82, 2.24) is 4.90 Å². The van der Waals surface area contributed by atoms with Crippen molar-refractivity contribution in [1.29, 1.82) is 0 Å². The number of para-hydroxylation sites is 1. The van der Waals surface area contributed by atoms with E-state index >= 15 is 0 Å². The zero-order valence-corrected chi connectivity index (χ0v) is 13.2. The standard InChI is InChI=1S/C18H22ClNO/c1-16(21-18-10-6-3-7-11-18)14-20(13-12-19)15-17-8-4-2-5-9-17/h2-11,16H,12-15H2,1H3. The van der Waals surface area contributed by atoms with Crippen molar-refractivity contribution in [3.8, 4) is 5.75 Å². The van der Waals surface area contributed by atoms with Gasteiger partial charge in [0, 0.05) is 25.5 Å². The van der Waals surface area contributed by atoms with E-state index in [-0.39, 0.29) is 6.10 Å². The lowest BCUT2D eigenvalue weighted by Gasteiger charge is -2.25. The zero-order valence-electron chi connectivity index (χ0n) is 12.4. The highest BCUT2D eigenvalue weighted by molar-refractivity contribution is 6.18. The molecule has 1 atom stereocenters. The summed E-state index contributed by atoms with van der Waals surface area (Å²) in [5.41, 5.74) is 1.30. The van der Waals surface area contributed by atoms with Crippen LogP contribution in [0.15, 0.2) is 60.7 Å². The Kier molecular flexibility index (Phi) is 6.58. The van der Waals surface area contributed by atoms with E-state index in [0.717, 1.165) is 25.4 Å². The third-order valence-electron chi connectivity index (χ3n) is 3.25. The minimum Gasteiger partial charge on any atom is -0.489 e. The molecule has 3 heteroatoms. The van der Waals surface area contributed by atoms with Crippen LogP contribution in [0.4, 0.5) is 0 Å². The Hall–Kier alpha value is -1.51. The number of alkyl halides is 1. The van der Waals surface area contributed by atoms with Gasteiger partial charge < -0.3 is 4.74 Å². The molecule has 0 saturated carbocycles. The van der Waals surface area contributed by atoms with Crippen molar-refractivity contribution in [3.05, 3.63) is 66.2 Å². The van der Waals surface area contributed by atoms with Crippen molar-refractivity contribution >= 4 is 11.6 Å². The van der Waals surface area contributed by atoms with Crippen LogP contribution in [0.25, 0.3) is 0 Å². The molecule has 0 aliphatic carbocycles. The lowest BCUT2D eigenvalue weighted by molar-refractivity contribution is 0.145. The molecule has 2 aromatic carbocycles. The average molecular weight is 304 g/mol. The molecule has 2 rings (SSSR count). The second-order valence-corrected chi connectivity index (χ2v) is 5.53. The van der Waals surface area contributed by atoms with Crippen LogP contribution in [0, 0.1) is 0 Å². The molecule has 0 heterocycles. The van der Waals surface area contributed by atoms with Crippen LogP contribution >= 0.6 is 11.6 Å². The Morgan fingerprint density at radius 2 is 1.62 bits per heavy atom. The van der Waals surface area contributed by atoms with Crippen LogP contribution in [-0.2, 0) is 6.54 Å². The van der Waals surface area contributed by atoms with Crippen molar-refractivity contribution in [2.75, 3.05) is 19.0 Å². The van der Waals surface area contributed by atoms with Gasteiger partial charge in [-0.1, -0.05) is 48.5 Å². The summed E-state index contributed by atoms with van der Waals surface area (Å²) in [6.07, 6.45) is 0.124. The van der Waals surface area contributed by atoms with Gasteiger partial charge in [0.25, 0.3) is 0 Å². The van der Waals surface area contributed by atoms with Gasteiger partial charge in [0.1, 0.15) is 11.9 Å². The molecule has 0 spiro atoms. The van der Waals surface area contributed by atoms with Gasteiger partial charge in [0.05, 0.1) is 0 Å². The fraction of sp³-hybridized carbons (Fsp3) is 0.333. The van der Waals surface area contributed by atoms with Gasteiger partial charge in [0.2, 0.25) is 0 Å². The Labute approximate surface area is 132 Å². The molecular weight excluding hydrogens is 282 g/mol. The number of benzene rings is 2. The predicted molar refractivity (Wildman–Crippen MR) is 89.0 cm³/mol. The SMILES string of the molecule is CC(CN(CCCl)Cc1ccccc1)Oc1ccccc1. The normalized spacial score (nSPS) is 12.3. The molecule has 2 nitrogen and oxygen atoms in total. The van der Waals surface area contributed by atoms with E-state index in [9.17, 15) is 0 Å². The molecule has 2 aromatic rings. The first-order valence-corrected chi connectivity index (χ1v) is 7.85. The van der Waals surface area contributed by atoms with Gasteiger partial charge in [-0.2, -0.15) is 0 Å². The lowest BCUT2D eigenvalue weighted by atomic mass is 10.2. The fourth-order valence-electron chi connectivity index (χ4n) is 2.33. The summed E-state index contributed by atoms with van der Waals surface area (Å²) in [6, 6.07) is 20.4. The van der Waals surface area contributed by atoms with E-state index in [0.29, 0.717) is 5.88 Å². The zero-order chi connectivity index (χ0) is 14.9. The highest BCUT2D eigenvalue weighted by Crippen LogP contribution is 2.12.